The summed E-state index contributed by atoms with van der Waals surface area (Å²) in [5.41, 5.74) is 3.97. The number of carbonyl (C=O) groups is 1. The van der Waals surface area contributed by atoms with Gasteiger partial charge in [0, 0.05) is 29.9 Å². The molecule has 6 nitrogen and oxygen atoms in total. The zero-order valence-corrected chi connectivity index (χ0v) is 17.8. The summed E-state index contributed by atoms with van der Waals surface area (Å²) in [6.45, 7) is 5.07. The maximum absolute atomic E-state index is 13.0. The summed E-state index contributed by atoms with van der Waals surface area (Å²) in [7, 11) is 0. The number of nitrogens with zero attached hydrogens (tertiary/aromatic N) is 4. The summed E-state index contributed by atoms with van der Waals surface area (Å²) in [6, 6.07) is 13.6. The number of carbonyl (C=O) groups excluding carboxylic acids is 1. The molecule has 4 rings (SSSR count). The van der Waals surface area contributed by atoms with Crippen LogP contribution in [0.1, 0.15) is 44.9 Å². The molecule has 1 fully saturated rings. The van der Waals surface area contributed by atoms with Gasteiger partial charge in [-0.05, 0) is 37.6 Å². The second-order valence-electron chi connectivity index (χ2n) is 7.35. The largest absolute Gasteiger partial charge is 0.368 e. The first-order chi connectivity index (χ1) is 14.5. The average molecular weight is 423 g/mol. The topological polar surface area (TPSA) is 68.2 Å². The normalized spacial score (nSPS) is 16.5. The van der Waals surface area contributed by atoms with Crippen LogP contribution >= 0.6 is 11.6 Å². The number of rotatable bonds is 4. The van der Waals surface area contributed by atoms with E-state index in [9.17, 15) is 4.79 Å². The van der Waals surface area contributed by atoms with Crippen molar-refractivity contribution in [1.29, 1.82) is 0 Å². The molecule has 3 aromatic rings. The van der Waals surface area contributed by atoms with Gasteiger partial charge in [0.1, 0.15) is 11.9 Å². The summed E-state index contributed by atoms with van der Waals surface area (Å²) >= 11 is 6.29. The Morgan fingerprint density at radius 2 is 2.00 bits per heavy atom. The fourth-order valence-corrected chi connectivity index (χ4v) is 3.79. The molecule has 0 aliphatic carbocycles. The monoisotopic (exact) mass is 422 g/mol. The van der Waals surface area contributed by atoms with E-state index in [1.54, 1.807) is 11.1 Å². The molecule has 7 heteroatoms. The maximum atomic E-state index is 13.0. The molecule has 1 atom stereocenters. The highest BCUT2D eigenvalue weighted by atomic mass is 35.5. The fraction of sp³-hybridized carbons (Fsp3) is 0.304. The van der Waals surface area contributed by atoms with Crippen LogP contribution in [0.4, 0.5) is 0 Å². The summed E-state index contributed by atoms with van der Waals surface area (Å²) in [5.74, 6) is 0.580. The minimum absolute atomic E-state index is 0.0759. The number of hydrogen-bond acceptors (Lipinski definition) is 5. The van der Waals surface area contributed by atoms with Gasteiger partial charge in [-0.2, -0.15) is 0 Å². The molecule has 1 aliphatic heterocycles. The van der Waals surface area contributed by atoms with Crippen LogP contribution in [0.3, 0.4) is 0 Å². The van der Waals surface area contributed by atoms with Gasteiger partial charge >= 0.3 is 0 Å². The number of ether oxygens (including phenoxy) is 1. The minimum atomic E-state index is -0.277. The molecular weight excluding hydrogens is 400 g/mol. The first-order valence-electron chi connectivity index (χ1n) is 9.91. The molecule has 154 valence electrons. The number of halogens is 1. The summed E-state index contributed by atoms with van der Waals surface area (Å²) in [4.78, 5) is 28.1. The highest BCUT2D eigenvalue weighted by Gasteiger charge is 2.28. The van der Waals surface area contributed by atoms with Crippen LogP contribution in [-0.2, 0) is 11.2 Å². The van der Waals surface area contributed by atoms with Gasteiger partial charge in [-0.3, -0.25) is 9.78 Å². The minimum Gasteiger partial charge on any atom is -0.368 e. The Labute approximate surface area is 180 Å². The van der Waals surface area contributed by atoms with Crippen molar-refractivity contribution in [3.05, 3.63) is 87.7 Å². The van der Waals surface area contributed by atoms with E-state index in [0.717, 1.165) is 22.0 Å². The van der Waals surface area contributed by atoms with E-state index in [1.165, 1.54) is 0 Å². The van der Waals surface area contributed by atoms with E-state index < -0.39 is 0 Å². The van der Waals surface area contributed by atoms with E-state index in [-0.39, 0.29) is 12.0 Å². The summed E-state index contributed by atoms with van der Waals surface area (Å²) in [5, 5.41) is 0.728. The van der Waals surface area contributed by atoms with Crippen LogP contribution in [0.15, 0.2) is 48.7 Å². The SMILES string of the molecule is Cc1ncc(C(=O)N2CCOC(c3cccc(Cc4ccccc4Cl)n3)C2)c(C)n1. The summed E-state index contributed by atoms with van der Waals surface area (Å²) < 4.78 is 5.94. The number of amides is 1. The van der Waals surface area contributed by atoms with Crippen LogP contribution in [0.5, 0.6) is 0 Å². The van der Waals surface area contributed by atoms with Gasteiger partial charge in [0.05, 0.1) is 30.1 Å². The van der Waals surface area contributed by atoms with Crippen LogP contribution in [-0.4, -0.2) is 45.5 Å². The van der Waals surface area contributed by atoms with Gasteiger partial charge < -0.3 is 9.64 Å². The first-order valence-corrected chi connectivity index (χ1v) is 10.3. The van der Waals surface area contributed by atoms with Crippen LogP contribution in [0, 0.1) is 13.8 Å². The van der Waals surface area contributed by atoms with Gasteiger partial charge in [0.25, 0.3) is 5.91 Å². The lowest BCUT2D eigenvalue weighted by atomic mass is 10.1. The number of benzene rings is 1. The lowest BCUT2D eigenvalue weighted by molar-refractivity contribution is -0.0248. The molecule has 0 spiro atoms. The highest BCUT2D eigenvalue weighted by molar-refractivity contribution is 6.31. The van der Waals surface area contributed by atoms with Gasteiger partial charge in [-0.1, -0.05) is 35.9 Å². The number of aromatic nitrogens is 3. The average Bonchev–Trinajstić information content (AvgIpc) is 2.75. The molecule has 1 saturated heterocycles. The second kappa shape index (κ2) is 8.90. The van der Waals surface area contributed by atoms with Crippen molar-refractivity contribution >= 4 is 17.5 Å². The standard InChI is InChI=1S/C23H23ClN4O2/c1-15-19(13-25-16(2)26-15)23(29)28-10-11-30-22(14-28)21-9-5-7-18(27-21)12-17-6-3-4-8-20(17)24/h3-9,13,22H,10-12,14H2,1-2H3. The molecule has 0 bridgehead atoms. The zero-order valence-electron chi connectivity index (χ0n) is 17.0. The second-order valence-corrected chi connectivity index (χ2v) is 7.76. The first kappa shape index (κ1) is 20.4. The molecule has 3 heterocycles. The van der Waals surface area contributed by atoms with Crippen molar-refractivity contribution in [2.24, 2.45) is 0 Å². The molecule has 0 N–H and O–H groups in total. The van der Waals surface area contributed by atoms with E-state index in [2.05, 4.69) is 9.97 Å². The highest BCUT2D eigenvalue weighted by Crippen LogP contribution is 2.24. The molecule has 0 radical (unpaired) electrons. The smallest absolute Gasteiger partial charge is 0.257 e. The predicted molar refractivity (Wildman–Crippen MR) is 115 cm³/mol. The maximum Gasteiger partial charge on any atom is 0.257 e. The molecule has 1 amide bonds. The Balaban J connectivity index is 1.51. The number of pyridine rings is 1. The van der Waals surface area contributed by atoms with Crippen molar-refractivity contribution in [2.75, 3.05) is 19.7 Å². The van der Waals surface area contributed by atoms with Crippen LogP contribution in [0.25, 0.3) is 0 Å². The van der Waals surface area contributed by atoms with E-state index in [1.807, 2.05) is 56.3 Å². The number of morpholine rings is 1. The predicted octanol–water partition coefficient (Wildman–Crippen LogP) is 3.95. The van der Waals surface area contributed by atoms with Crippen molar-refractivity contribution < 1.29 is 9.53 Å². The molecular formula is C23H23ClN4O2. The van der Waals surface area contributed by atoms with Crippen molar-refractivity contribution in [2.45, 2.75) is 26.4 Å². The Morgan fingerprint density at radius 1 is 1.17 bits per heavy atom. The Morgan fingerprint density at radius 3 is 2.80 bits per heavy atom. The number of aryl methyl sites for hydroxylation is 2. The van der Waals surface area contributed by atoms with Crippen molar-refractivity contribution in [1.82, 2.24) is 19.9 Å². The Hall–Kier alpha value is -2.83. The quantitative estimate of drug-likeness (QED) is 0.636. The molecule has 2 aromatic heterocycles. The summed E-state index contributed by atoms with van der Waals surface area (Å²) in [6.07, 6.45) is 1.97. The van der Waals surface area contributed by atoms with Crippen LogP contribution in [0.2, 0.25) is 5.02 Å². The third kappa shape index (κ3) is 4.50. The lowest BCUT2D eigenvalue weighted by Crippen LogP contribution is -2.42. The molecule has 1 aliphatic rings. The molecule has 1 unspecified atom stereocenters. The van der Waals surface area contributed by atoms with E-state index >= 15 is 0 Å². The Bertz CT molecular complexity index is 1070. The Kier molecular flexibility index (Phi) is 6.06. The zero-order chi connectivity index (χ0) is 21.1. The number of hydrogen-bond donors (Lipinski definition) is 0. The van der Waals surface area contributed by atoms with Crippen LogP contribution < -0.4 is 0 Å². The third-order valence-electron chi connectivity index (χ3n) is 5.17. The van der Waals surface area contributed by atoms with Gasteiger partial charge in [-0.25, -0.2) is 9.97 Å². The van der Waals surface area contributed by atoms with Gasteiger partial charge in [0.15, 0.2) is 0 Å². The molecule has 30 heavy (non-hydrogen) atoms. The molecule has 0 saturated carbocycles. The van der Waals surface area contributed by atoms with Crippen molar-refractivity contribution in [3.8, 4) is 0 Å². The van der Waals surface area contributed by atoms with Gasteiger partial charge in [-0.15, -0.1) is 0 Å². The van der Waals surface area contributed by atoms with Gasteiger partial charge in [0.2, 0.25) is 0 Å². The van der Waals surface area contributed by atoms with Crippen molar-refractivity contribution in [3.63, 3.8) is 0 Å². The lowest BCUT2D eigenvalue weighted by Gasteiger charge is -2.33. The third-order valence-corrected chi connectivity index (χ3v) is 5.54. The van der Waals surface area contributed by atoms with E-state index in [4.69, 9.17) is 21.3 Å². The fourth-order valence-electron chi connectivity index (χ4n) is 3.59. The van der Waals surface area contributed by atoms with E-state index in [0.29, 0.717) is 43.2 Å². The molecule has 1 aromatic carbocycles.